The van der Waals surface area contributed by atoms with Crippen LogP contribution in [0.1, 0.15) is 119 Å². The lowest BCUT2D eigenvalue weighted by atomic mass is 9.97. The van der Waals surface area contributed by atoms with Crippen molar-refractivity contribution >= 4 is 11.9 Å². The molecule has 4 nitrogen and oxygen atoms in total. The van der Waals surface area contributed by atoms with Crippen LogP contribution in [0.2, 0.25) is 0 Å². The van der Waals surface area contributed by atoms with Crippen molar-refractivity contribution in [2.24, 2.45) is 5.92 Å². The summed E-state index contributed by atoms with van der Waals surface area (Å²) in [6.45, 7) is 9.03. The number of carbonyl (C=O) groups excluding carboxylic acids is 2. The average molecular weight is 419 g/mol. The zero-order valence-electron chi connectivity index (χ0n) is 19.6. The van der Waals surface area contributed by atoms with Crippen LogP contribution in [0, 0.1) is 5.92 Å². The molecule has 0 N–H and O–H groups in total. The third-order valence-corrected chi connectivity index (χ3v) is 5.58. The molecule has 1 aromatic rings. The molecule has 0 aliphatic rings. The molecule has 0 fully saturated rings. The summed E-state index contributed by atoms with van der Waals surface area (Å²) >= 11 is 0. The first-order chi connectivity index (χ1) is 14.5. The lowest BCUT2D eigenvalue weighted by molar-refractivity contribution is 0.0266. The van der Waals surface area contributed by atoms with Gasteiger partial charge in [-0.3, -0.25) is 0 Å². The van der Waals surface area contributed by atoms with Crippen molar-refractivity contribution in [2.75, 3.05) is 6.61 Å². The van der Waals surface area contributed by atoms with Crippen molar-refractivity contribution < 1.29 is 19.1 Å². The quantitative estimate of drug-likeness (QED) is 0.208. The van der Waals surface area contributed by atoms with Crippen molar-refractivity contribution in [3.63, 3.8) is 0 Å². The standard InChI is InChI=1S/C26H42O4/c1-5-9-11-14-21(13-7-3)20-29-25(27)22-16-18-23(19-17-22)26(28)30-24(8-4)15-12-10-6-2/h16-19,21,24H,5-15,20H2,1-4H3. The Kier molecular flexibility index (Phi) is 13.9. The highest BCUT2D eigenvalue weighted by Crippen LogP contribution is 2.18. The molecule has 1 aromatic carbocycles. The third kappa shape index (κ3) is 10.3. The van der Waals surface area contributed by atoms with E-state index < -0.39 is 0 Å². The van der Waals surface area contributed by atoms with Crippen LogP contribution in [0.4, 0.5) is 0 Å². The molecule has 0 bridgehead atoms. The molecule has 30 heavy (non-hydrogen) atoms. The molecule has 0 aromatic heterocycles. The maximum atomic E-state index is 12.4. The highest BCUT2D eigenvalue weighted by Gasteiger charge is 2.16. The number of ether oxygens (including phenoxy) is 2. The Morgan fingerprint density at radius 3 is 1.83 bits per heavy atom. The summed E-state index contributed by atoms with van der Waals surface area (Å²) in [4.78, 5) is 24.8. The SMILES string of the molecule is CCCCCC(CCC)COC(=O)c1ccc(C(=O)OC(CC)CCCCC)cc1. The fourth-order valence-corrected chi connectivity index (χ4v) is 3.61. The van der Waals surface area contributed by atoms with Crippen LogP contribution >= 0.6 is 0 Å². The molecule has 2 unspecified atom stereocenters. The van der Waals surface area contributed by atoms with Gasteiger partial charge in [-0.2, -0.15) is 0 Å². The van der Waals surface area contributed by atoms with E-state index in [9.17, 15) is 9.59 Å². The summed E-state index contributed by atoms with van der Waals surface area (Å²) in [5, 5.41) is 0. The summed E-state index contributed by atoms with van der Waals surface area (Å²) < 4.78 is 11.2. The van der Waals surface area contributed by atoms with Gasteiger partial charge in [-0.25, -0.2) is 9.59 Å². The Hall–Kier alpha value is -1.84. The molecule has 0 aliphatic carbocycles. The average Bonchev–Trinajstić information content (AvgIpc) is 2.76. The van der Waals surface area contributed by atoms with Gasteiger partial charge in [0.05, 0.1) is 17.7 Å². The Labute approximate surface area is 183 Å². The fourth-order valence-electron chi connectivity index (χ4n) is 3.61. The molecule has 0 heterocycles. The first-order valence-corrected chi connectivity index (χ1v) is 12.0. The molecule has 0 aliphatic heterocycles. The Morgan fingerprint density at radius 1 is 0.733 bits per heavy atom. The molecule has 2 atom stereocenters. The van der Waals surface area contributed by atoms with Crippen LogP contribution in [0.3, 0.4) is 0 Å². The Bertz CT molecular complexity index is 594. The summed E-state index contributed by atoms with van der Waals surface area (Å²) in [6, 6.07) is 6.62. The fraction of sp³-hybridized carbons (Fsp3) is 0.692. The number of carbonyl (C=O) groups is 2. The predicted molar refractivity (Wildman–Crippen MR) is 123 cm³/mol. The first kappa shape index (κ1) is 26.2. The summed E-state index contributed by atoms with van der Waals surface area (Å²) in [5.74, 6) is -0.215. The Morgan fingerprint density at radius 2 is 1.30 bits per heavy atom. The van der Waals surface area contributed by atoms with Crippen molar-refractivity contribution in [3.8, 4) is 0 Å². The molecule has 0 spiro atoms. The Balaban J connectivity index is 2.54. The second-order valence-electron chi connectivity index (χ2n) is 8.26. The maximum absolute atomic E-state index is 12.4. The van der Waals surface area contributed by atoms with E-state index in [1.54, 1.807) is 24.3 Å². The summed E-state index contributed by atoms with van der Waals surface area (Å²) in [5.41, 5.74) is 0.953. The van der Waals surface area contributed by atoms with E-state index in [2.05, 4.69) is 20.8 Å². The van der Waals surface area contributed by atoms with E-state index in [4.69, 9.17) is 9.47 Å². The van der Waals surface area contributed by atoms with Crippen LogP contribution in [0.5, 0.6) is 0 Å². The zero-order valence-corrected chi connectivity index (χ0v) is 19.6. The van der Waals surface area contributed by atoms with Gasteiger partial charge in [-0.1, -0.05) is 66.2 Å². The molecule has 170 valence electrons. The lowest BCUT2D eigenvalue weighted by Crippen LogP contribution is -2.18. The molecule has 0 saturated heterocycles. The minimum atomic E-state index is -0.322. The molecular formula is C26H42O4. The number of rotatable bonds is 16. The van der Waals surface area contributed by atoms with E-state index in [1.807, 2.05) is 6.92 Å². The largest absolute Gasteiger partial charge is 0.462 e. The highest BCUT2D eigenvalue weighted by molar-refractivity contribution is 5.93. The van der Waals surface area contributed by atoms with E-state index in [0.717, 1.165) is 51.4 Å². The molecule has 0 amide bonds. The van der Waals surface area contributed by atoms with Crippen LogP contribution in [0.25, 0.3) is 0 Å². The van der Waals surface area contributed by atoms with Gasteiger partial charge in [0.1, 0.15) is 6.10 Å². The minimum Gasteiger partial charge on any atom is -0.462 e. The predicted octanol–water partition coefficient (Wildman–Crippen LogP) is 7.36. The van der Waals surface area contributed by atoms with Crippen LogP contribution < -0.4 is 0 Å². The number of hydrogen-bond acceptors (Lipinski definition) is 4. The number of unbranched alkanes of at least 4 members (excludes halogenated alkanes) is 4. The lowest BCUT2D eigenvalue weighted by Gasteiger charge is -2.17. The normalized spacial score (nSPS) is 12.9. The highest BCUT2D eigenvalue weighted by atomic mass is 16.5. The molecule has 0 radical (unpaired) electrons. The van der Waals surface area contributed by atoms with E-state index in [0.29, 0.717) is 23.7 Å². The number of esters is 2. The van der Waals surface area contributed by atoms with Crippen molar-refractivity contribution in [2.45, 2.75) is 104 Å². The van der Waals surface area contributed by atoms with Gasteiger partial charge in [0.2, 0.25) is 0 Å². The zero-order chi connectivity index (χ0) is 22.2. The van der Waals surface area contributed by atoms with Gasteiger partial charge in [0.25, 0.3) is 0 Å². The smallest absolute Gasteiger partial charge is 0.338 e. The van der Waals surface area contributed by atoms with E-state index in [1.165, 1.54) is 19.3 Å². The van der Waals surface area contributed by atoms with Crippen molar-refractivity contribution in [3.05, 3.63) is 35.4 Å². The first-order valence-electron chi connectivity index (χ1n) is 12.0. The second kappa shape index (κ2) is 15.9. The third-order valence-electron chi connectivity index (χ3n) is 5.58. The minimum absolute atomic E-state index is 0.0445. The van der Waals surface area contributed by atoms with E-state index >= 15 is 0 Å². The van der Waals surface area contributed by atoms with Crippen LogP contribution in [-0.2, 0) is 9.47 Å². The molecule has 4 heteroatoms. The molecule has 0 saturated carbocycles. The summed E-state index contributed by atoms with van der Waals surface area (Å²) in [7, 11) is 0. The van der Waals surface area contributed by atoms with Crippen LogP contribution in [0.15, 0.2) is 24.3 Å². The topological polar surface area (TPSA) is 52.6 Å². The van der Waals surface area contributed by atoms with Crippen LogP contribution in [-0.4, -0.2) is 24.6 Å². The van der Waals surface area contributed by atoms with Gasteiger partial charge in [-0.15, -0.1) is 0 Å². The maximum Gasteiger partial charge on any atom is 0.338 e. The second-order valence-corrected chi connectivity index (χ2v) is 8.26. The van der Waals surface area contributed by atoms with Gasteiger partial charge in [0, 0.05) is 0 Å². The number of benzene rings is 1. The number of hydrogen-bond donors (Lipinski definition) is 0. The summed E-state index contributed by atoms with van der Waals surface area (Å²) in [6.07, 6.45) is 12.0. The molecule has 1 rings (SSSR count). The molecular weight excluding hydrogens is 376 g/mol. The van der Waals surface area contributed by atoms with E-state index in [-0.39, 0.29) is 18.0 Å². The van der Waals surface area contributed by atoms with Gasteiger partial charge >= 0.3 is 11.9 Å². The van der Waals surface area contributed by atoms with Gasteiger partial charge in [-0.05, 0) is 62.3 Å². The van der Waals surface area contributed by atoms with Crippen molar-refractivity contribution in [1.82, 2.24) is 0 Å². The van der Waals surface area contributed by atoms with Crippen molar-refractivity contribution in [1.29, 1.82) is 0 Å². The monoisotopic (exact) mass is 418 g/mol. The van der Waals surface area contributed by atoms with Gasteiger partial charge < -0.3 is 9.47 Å². The van der Waals surface area contributed by atoms with Gasteiger partial charge in [0.15, 0.2) is 0 Å².